The summed E-state index contributed by atoms with van der Waals surface area (Å²) in [5.41, 5.74) is -0.0508. The van der Waals surface area contributed by atoms with E-state index in [9.17, 15) is 5.11 Å². The monoisotopic (exact) mass is 201 g/mol. The largest absolute Gasteiger partial charge is 0.396 e. The van der Waals surface area contributed by atoms with Crippen molar-refractivity contribution < 1.29 is 10.2 Å². The molecule has 0 aromatic heterocycles. The SMILES string of the molecule is CC(C)(CO)CN(CCO)C1CCC1. The van der Waals surface area contributed by atoms with E-state index in [1.165, 1.54) is 19.3 Å². The molecule has 2 N–H and O–H groups in total. The van der Waals surface area contributed by atoms with Crippen LogP contribution in [-0.2, 0) is 0 Å². The molecule has 0 aliphatic heterocycles. The van der Waals surface area contributed by atoms with Gasteiger partial charge in [-0.15, -0.1) is 0 Å². The van der Waals surface area contributed by atoms with Gasteiger partial charge in [-0.3, -0.25) is 4.90 Å². The molecule has 0 unspecified atom stereocenters. The predicted octanol–water partition coefficient (Wildman–Crippen LogP) is 0.852. The van der Waals surface area contributed by atoms with Crippen LogP contribution >= 0.6 is 0 Å². The van der Waals surface area contributed by atoms with Crippen LogP contribution in [0.5, 0.6) is 0 Å². The van der Waals surface area contributed by atoms with Crippen molar-refractivity contribution in [1.82, 2.24) is 4.90 Å². The molecular formula is C11H23NO2. The summed E-state index contributed by atoms with van der Waals surface area (Å²) in [6.45, 7) is 6.19. The molecule has 0 aromatic rings. The van der Waals surface area contributed by atoms with Crippen molar-refractivity contribution in [2.45, 2.75) is 39.2 Å². The maximum absolute atomic E-state index is 9.19. The van der Waals surface area contributed by atoms with Crippen LogP contribution in [0.25, 0.3) is 0 Å². The van der Waals surface area contributed by atoms with Gasteiger partial charge in [0, 0.05) is 31.2 Å². The third-order valence-electron chi connectivity index (χ3n) is 3.04. The number of nitrogens with zero attached hydrogens (tertiary/aromatic N) is 1. The van der Waals surface area contributed by atoms with Crippen molar-refractivity contribution in [3.05, 3.63) is 0 Å². The van der Waals surface area contributed by atoms with Gasteiger partial charge in [0.25, 0.3) is 0 Å². The number of hydrogen-bond donors (Lipinski definition) is 2. The molecule has 84 valence electrons. The summed E-state index contributed by atoms with van der Waals surface area (Å²) < 4.78 is 0. The number of rotatable bonds is 6. The molecule has 0 amide bonds. The second-order valence-corrected chi connectivity index (χ2v) is 5.10. The van der Waals surface area contributed by atoms with Crippen molar-refractivity contribution in [2.24, 2.45) is 5.41 Å². The molecular weight excluding hydrogens is 178 g/mol. The van der Waals surface area contributed by atoms with Crippen molar-refractivity contribution >= 4 is 0 Å². The smallest absolute Gasteiger partial charge is 0.0558 e. The van der Waals surface area contributed by atoms with E-state index >= 15 is 0 Å². The molecule has 0 atom stereocenters. The molecule has 0 heterocycles. The Hall–Kier alpha value is -0.120. The molecule has 14 heavy (non-hydrogen) atoms. The van der Waals surface area contributed by atoms with Crippen molar-refractivity contribution in [1.29, 1.82) is 0 Å². The van der Waals surface area contributed by atoms with Crippen LogP contribution < -0.4 is 0 Å². The quantitative estimate of drug-likeness (QED) is 0.669. The van der Waals surface area contributed by atoms with Crippen molar-refractivity contribution in [3.8, 4) is 0 Å². The fourth-order valence-corrected chi connectivity index (χ4v) is 1.87. The Bertz CT molecular complexity index is 167. The van der Waals surface area contributed by atoms with Crippen LogP contribution in [0.15, 0.2) is 0 Å². The summed E-state index contributed by atoms with van der Waals surface area (Å²) in [6, 6.07) is 0.646. The zero-order chi connectivity index (χ0) is 10.6. The van der Waals surface area contributed by atoms with E-state index in [1.807, 2.05) is 0 Å². The molecule has 1 rings (SSSR count). The summed E-state index contributed by atoms with van der Waals surface area (Å²) in [7, 11) is 0. The van der Waals surface area contributed by atoms with Crippen LogP contribution in [0.1, 0.15) is 33.1 Å². The third-order valence-corrected chi connectivity index (χ3v) is 3.04. The Morgan fingerprint density at radius 1 is 1.29 bits per heavy atom. The van der Waals surface area contributed by atoms with E-state index in [0.29, 0.717) is 6.04 Å². The van der Waals surface area contributed by atoms with E-state index in [4.69, 9.17) is 5.11 Å². The highest BCUT2D eigenvalue weighted by Crippen LogP contribution is 2.27. The molecule has 1 fully saturated rings. The van der Waals surface area contributed by atoms with Gasteiger partial charge in [0.15, 0.2) is 0 Å². The lowest BCUT2D eigenvalue weighted by molar-refractivity contribution is 0.0401. The van der Waals surface area contributed by atoms with Gasteiger partial charge in [-0.25, -0.2) is 0 Å². The highest BCUT2D eigenvalue weighted by molar-refractivity contribution is 4.83. The van der Waals surface area contributed by atoms with E-state index in [0.717, 1.165) is 13.1 Å². The van der Waals surface area contributed by atoms with Gasteiger partial charge in [0.05, 0.1) is 6.61 Å². The lowest BCUT2D eigenvalue weighted by atomic mass is 9.87. The maximum Gasteiger partial charge on any atom is 0.0558 e. The standard InChI is InChI=1S/C11H23NO2/c1-11(2,9-14)8-12(6-7-13)10-4-3-5-10/h10,13-14H,3-9H2,1-2H3. The van der Waals surface area contributed by atoms with Crippen LogP contribution in [0, 0.1) is 5.41 Å². The summed E-state index contributed by atoms with van der Waals surface area (Å²) >= 11 is 0. The summed E-state index contributed by atoms with van der Waals surface area (Å²) in [4.78, 5) is 2.32. The topological polar surface area (TPSA) is 43.7 Å². The second-order valence-electron chi connectivity index (χ2n) is 5.10. The van der Waals surface area contributed by atoms with Gasteiger partial charge in [-0.05, 0) is 12.8 Å². The van der Waals surface area contributed by atoms with Gasteiger partial charge >= 0.3 is 0 Å². The number of aliphatic hydroxyl groups is 2. The van der Waals surface area contributed by atoms with E-state index < -0.39 is 0 Å². The highest BCUT2D eigenvalue weighted by atomic mass is 16.3. The Morgan fingerprint density at radius 2 is 1.93 bits per heavy atom. The Kier molecular flexibility index (Phi) is 4.35. The van der Waals surface area contributed by atoms with Gasteiger partial charge in [-0.1, -0.05) is 20.3 Å². The first-order chi connectivity index (χ1) is 6.59. The molecule has 3 nitrogen and oxygen atoms in total. The normalized spacial score (nSPS) is 18.6. The van der Waals surface area contributed by atoms with Gasteiger partial charge < -0.3 is 10.2 Å². The minimum Gasteiger partial charge on any atom is -0.396 e. The van der Waals surface area contributed by atoms with Gasteiger partial charge in [-0.2, -0.15) is 0 Å². The second kappa shape index (κ2) is 5.10. The molecule has 1 saturated carbocycles. The third kappa shape index (κ3) is 3.23. The minimum atomic E-state index is -0.0508. The van der Waals surface area contributed by atoms with Crippen LogP contribution in [0.2, 0.25) is 0 Å². The molecule has 3 heteroatoms. The summed E-state index contributed by atoms with van der Waals surface area (Å²) in [5.74, 6) is 0. The zero-order valence-corrected chi connectivity index (χ0v) is 9.37. The molecule has 1 aliphatic carbocycles. The fourth-order valence-electron chi connectivity index (χ4n) is 1.87. The maximum atomic E-state index is 9.19. The van der Waals surface area contributed by atoms with Gasteiger partial charge in [0.1, 0.15) is 0 Å². The molecule has 0 saturated heterocycles. The van der Waals surface area contributed by atoms with E-state index in [2.05, 4.69) is 18.7 Å². The predicted molar refractivity (Wildman–Crippen MR) is 57.2 cm³/mol. The first-order valence-corrected chi connectivity index (χ1v) is 5.55. The van der Waals surface area contributed by atoms with Crippen LogP contribution in [0.3, 0.4) is 0 Å². The zero-order valence-electron chi connectivity index (χ0n) is 9.37. The first kappa shape index (κ1) is 12.0. The molecule has 0 aromatic carbocycles. The number of aliphatic hydroxyl groups excluding tert-OH is 2. The molecule has 1 aliphatic rings. The summed E-state index contributed by atoms with van der Waals surface area (Å²) in [5, 5.41) is 18.2. The lowest BCUT2D eigenvalue weighted by Gasteiger charge is -2.41. The lowest BCUT2D eigenvalue weighted by Crippen LogP contribution is -2.47. The molecule has 0 radical (unpaired) electrons. The van der Waals surface area contributed by atoms with Crippen molar-refractivity contribution in [3.63, 3.8) is 0 Å². The minimum absolute atomic E-state index is 0.0508. The van der Waals surface area contributed by atoms with E-state index in [1.54, 1.807) is 0 Å². The molecule has 0 bridgehead atoms. The van der Waals surface area contributed by atoms with Crippen molar-refractivity contribution in [2.75, 3.05) is 26.3 Å². The Morgan fingerprint density at radius 3 is 2.29 bits per heavy atom. The summed E-state index contributed by atoms with van der Waals surface area (Å²) in [6.07, 6.45) is 3.81. The Balaban J connectivity index is 2.41. The van der Waals surface area contributed by atoms with Crippen LogP contribution in [0.4, 0.5) is 0 Å². The molecule has 0 spiro atoms. The first-order valence-electron chi connectivity index (χ1n) is 5.55. The number of hydrogen-bond acceptors (Lipinski definition) is 3. The Labute approximate surface area is 86.7 Å². The fraction of sp³-hybridized carbons (Fsp3) is 1.00. The van der Waals surface area contributed by atoms with Crippen LogP contribution in [-0.4, -0.2) is 47.5 Å². The highest BCUT2D eigenvalue weighted by Gasteiger charge is 2.29. The average molecular weight is 201 g/mol. The average Bonchev–Trinajstić information content (AvgIpc) is 2.01. The van der Waals surface area contributed by atoms with E-state index in [-0.39, 0.29) is 18.6 Å². The van der Waals surface area contributed by atoms with Gasteiger partial charge in [0.2, 0.25) is 0 Å².